The molecule has 0 aromatic heterocycles. The standard InChI is InChI=1S/C10H10Cl2O4/c1-14-8-6(11)5(4-13)7(12)9(15-2)10(8)16-3/h4H,1-3H3. The van der Waals surface area contributed by atoms with Gasteiger partial charge in [0.1, 0.15) is 0 Å². The molecular formula is C10H10Cl2O4. The molecule has 0 fully saturated rings. The Bertz CT molecular complexity index is 387. The van der Waals surface area contributed by atoms with Crippen LogP contribution in [0.2, 0.25) is 10.0 Å². The van der Waals surface area contributed by atoms with Gasteiger partial charge in [0.25, 0.3) is 0 Å². The Labute approximate surface area is 103 Å². The third-order valence-corrected chi connectivity index (χ3v) is 2.76. The van der Waals surface area contributed by atoms with Gasteiger partial charge < -0.3 is 14.2 Å². The van der Waals surface area contributed by atoms with Crippen molar-refractivity contribution in [1.82, 2.24) is 0 Å². The second-order valence-corrected chi connectivity index (χ2v) is 3.52. The molecule has 88 valence electrons. The molecule has 0 aliphatic carbocycles. The van der Waals surface area contributed by atoms with Crippen molar-refractivity contribution in [3.05, 3.63) is 15.6 Å². The molecule has 0 unspecified atom stereocenters. The van der Waals surface area contributed by atoms with E-state index in [9.17, 15) is 4.79 Å². The predicted molar refractivity (Wildman–Crippen MR) is 61.5 cm³/mol. The van der Waals surface area contributed by atoms with Gasteiger partial charge in [0.2, 0.25) is 5.75 Å². The topological polar surface area (TPSA) is 44.8 Å². The van der Waals surface area contributed by atoms with Crippen LogP contribution in [0.5, 0.6) is 17.2 Å². The SMILES string of the molecule is COc1c(Cl)c(C=O)c(Cl)c(OC)c1OC. The number of carbonyl (C=O) groups is 1. The van der Waals surface area contributed by atoms with Crippen molar-refractivity contribution in [2.75, 3.05) is 21.3 Å². The Balaban J connectivity index is 3.67. The molecule has 6 heteroatoms. The molecule has 0 saturated heterocycles. The lowest BCUT2D eigenvalue weighted by molar-refractivity contribution is 0.112. The van der Waals surface area contributed by atoms with Gasteiger partial charge in [0.05, 0.1) is 36.9 Å². The van der Waals surface area contributed by atoms with E-state index in [1.54, 1.807) is 0 Å². The number of halogens is 2. The molecule has 1 aromatic rings. The summed E-state index contributed by atoms with van der Waals surface area (Å²) in [6, 6.07) is 0. The summed E-state index contributed by atoms with van der Waals surface area (Å²) in [7, 11) is 4.24. The highest BCUT2D eigenvalue weighted by Gasteiger charge is 2.24. The summed E-state index contributed by atoms with van der Waals surface area (Å²) < 4.78 is 15.2. The Morgan fingerprint density at radius 1 is 0.875 bits per heavy atom. The highest BCUT2D eigenvalue weighted by Crippen LogP contribution is 2.49. The van der Waals surface area contributed by atoms with Gasteiger partial charge in [0.15, 0.2) is 17.8 Å². The minimum Gasteiger partial charge on any atom is -0.491 e. The van der Waals surface area contributed by atoms with E-state index in [2.05, 4.69) is 0 Å². The molecule has 0 atom stereocenters. The number of methoxy groups -OCH3 is 3. The molecule has 0 radical (unpaired) electrons. The minimum atomic E-state index is 0.0974. The normalized spacial score (nSPS) is 9.81. The summed E-state index contributed by atoms with van der Waals surface area (Å²) in [5, 5.41) is 0.195. The van der Waals surface area contributed by atoms with Gasteiger partial charge in [-0.25, -0.2) is 0 Å². The molecule has 0 aliphatic heterocycles. The van der Waals surface area contributed by atoms with Gasteiger partial charge >= 0.3 is 0 Å². The molecule has 0 N–H and O–H groups in total. The number of aldehydes is 1. The van der Waals surface area contributed by atoms with E-state index in [0.29, 0.717) is 6.29 Å². The molecule has 16 heavy (non-hydrogen) atoms. The van der Waals surface area contributed by atoms with Gasteiger partial charge in [-0.15, -0.1) is 0 Å². The van der Waals surface area contributed by atoms with Crippen LogP contribution in [-0.4, -0.2) is 27.6 Å². The number of benzene rings is 1. The predicted octanol–water partition coefficient (Wildman–Crippen LogP) is 2.83. The maximum atomic E-state index is 10.9. The maximum Gasteiger partial charge on any atom is 0.206 e. The average molecular weight is 265 g/mol. The Hall–Kier alpha value is -1.13. The highest BCUT2D eigenvalue weighted by atomic mass is 35.5. The van der Waals surface area contributed by atoms with Crippen LogP contribution < -0.4 is 14.2 Å². The second kappa shape index (κ2) is 5.27. The molecule has 0 aliphatic rings. The lowest BCUT2D eigenvalue weighted by Gasteiger charge is -2.16. The molecular weight excluding hydrogens is 255 g/mol. The fourth-order valence-electron chi connectivity index (χ4n) is 1.30. The average Bonchev–Trinajstić information content (AvgIpc) is 2.29. The molecule has 0 saturated carbocycles. The zero-order valence-electron chi connectivity index (χ0n) is 8.97. The van der Waals surface area contributed by atoms with Gasteiger partial charge in [-0.3, -0.25) is 4.79 Å². The van der Waals surface area contributed by atoms with Crippen LogP contribution in [0.4, 0.5) is 0 Å². The van der Waals surface area contributed by atoms with Crippen molar-refractivity contribution in [2.45, 2.75) is 0 Å². The summed E-state index contributed by atoms with van der Waals surface area (Å²) in [5.41, 5.74) is 0.109. The first-order valence-electron chi connectivity index (χ1n) is 4.24. The first kappa shape index (κ1) is 12.9. The van der Waals surface area contributed by atoms with E-state index >= 15 is 0 Å². The fourth-order valence-corrected chi connectivity index (χ4v) is 1.95. The largest absolute Gasteiger partial charge is 0.491 e. The first-order valence-corrected chi connectivity index (χ1v) is 5.00. The van der Waals surface area contributed by atoms with Crippen molar-refractivity contribution in [3.8, 4) is 17.2 Å². The summed E-state index contributed by atoms with van der Waals surface area (Å²) >= 11 is 11.9. The maximum absolute atomic E-state index is 10.9. The fraction of sp³-hybridized carbons (Fsp3) is 0.300. The summed E-state index contributed by atoms with van der Waals surface area (Å²) in [6.07, 6.45) is 0.537. The van der Waals surface area contributed by atoms with E-state index < -0.39 is 0 Å². The molecule has 0 bridgehead atoms. The Morgan fingerprint density at radius 2 is 1.25 bits per heavy atom. The van der Waals surface area contributed by atoms with Crippen molar-refractivity contribution in [2.24, 2.45) is 0 Å². The van der Waals surface area contributed by atoms with Crippen LogP contribution in [0.15, 0.2) is 0 Å². The van der Waals surface area contributed by atoms with E-state index in [0.717, 1.165) is 0 Å². The first-order chi connectivity index (χ1) is 7.62. The van der Waals surface area contributed by atoms with Gasteiger partial charge in [-0.2, -0.15) is 0 Å². The monoisotopic (exact) mass is 264 g/mol. The molecule has 0 heterocycles. The quantitative estimate of drug-likeness (QED) is 0.785. The number of hydrogen-bond donors (Lipinski definition) is 0. The number of rotatable bonds is 4. The lowest BCUT2D eigenvalue weighted by atomic mass is 10.2. The van der Waals surface area contributed by atoms with Crippen LogP contribution in [0.1, 0.15) is 10.4 Å². The number of ether oxygens (including phenoxy) is 3. The molecule has 1 aromatic carbocycles. The zero-order chi connectivity index (χ0) is 12.3. The Morgan fingerprint density at radius 3 is 1.50 bits per heavy atom. The van der Waals surface area contributed by atoms with Crippen molar-refractivity contribution in [3.63, 3.8) is 0 Å². The van der Waals surface area contributed by atoms with E-state index in [4.69, 9.17) is 37.4 Å². The van der Waals surface area contributed by atoms with Crippen molar-refractivity contribution >= 4 is 29.5 Å². The minimum absolute atomic E-state index is 0.0974. The van der Waals surface area contributed by atoms with E-state index in [-0.39, 0.29) is 32.9 Å². The molecule has 4 nitrogen and oxygen atoms in total. The molecule has 1 rings (SSSR count). The highest BCUT2D eigenvalue weighted by molar-refractivity contribution is 6.40. The second-order valence-electron chi connectivity index (χ2n) is 2.76. The van der Waals surface area contributed by atoms with Crippen molar-refractivity contribution < 1.29 is 19.0 Å². The molecule has 0 spiro atoms. The van der Waals surface area contributed by atoms with Gasteiger partial charge in [-0.1, -0.05) is 23.2 Å². The Kier molecular flexibility index (Phi) is 4.26. The van der Waals surface area contributed by atoms with Gasteiger partial charge in [0, 0.05) is 0 Å². The zero-order valence-corrected chi connectivity index (χ0v) is 10.5. The third kappa shape index (κ3) is 1.90. The van der Waals surface area contributed by atoms with E-state index in [1.165, 1.54) is 21.3 Å². The van der Waals surface area contributed by atoms with Crippen LogP contribution >= 0.6 is 23.2 Å². The number of carbonyl (C=O) groups excluding carboxylic acids is 1. The van der Waals surface area contributed by atoms with Crippen LogP contribution in [0.25, 0.3) is 0 Å². The summed E-state index contributed by atoms with van der Waals surface area (Å²) in [5.74, 6) is 0.686. The van der Waals surface area contributed by atoms with Crippen LogP contribution in [0.3, 0.4) is 0 Å². The van der Waals surface area contributed by atoms with Crippen molar-refractivity contribution in [1.29, 1.82) is 0 Å². The van der Waals surface area contributed by atoms with Crippen LogP contribution in [-0.2, 0) is 0 Å². The molecule has 0 amide bonds. The summed E-state index contributed by atoms with van der Waals surface area (Å²) in [4.78, 5) is 10.9. The summed E-state index contributed by atoms with van der Waals surface area (Å²) in [6.45, 7) is 0. The van der Waals surface area contributed by atoms with E-state index in [1.807, 2.05) is 0 Å². The number of hydrogen-bond acceptors (Lipinski definition) is 4. The lowest BCUT2D eigenvalue weighted by Crippen LogP contribution is -1.99. The third-order valence-electron chi connectivity index (χ3n) is 2.01. The van der Waals surface area contributed by atoms with Crippen LogP contribution in [0, 0.1) is 0 Å². The van der Waals surface area contributed by atoms with Gasteiger partial charge in [-0.05, 0) is 0 Å². The smallest absolute Gasteiger partial charge is 0.206 e.